The summed E-state index contributed by atoms with van der Waals surface area (Å²) in [7, 11) is -0.320. The normalized spacial score (nSPS) is 22.8. The number of rotatable bonds is 2. The van der Waals surface area contributed by atoms with Gasteiger partial charge in [0.2, 0.25) is 0 Å². The Morgan fingerprint density at radius 3 is 2.28 bits per heavy atom. The zero-order valence-electron chi connectivity index (χ0n) is 11.5. The van der Waals surface area contributed by atoms with Crippen molar-refractivity contribution < 1.29 is 9.31 Å². The minimum absolute atomic E-state index is 0.0776. The molecule has 0 amide bonds. The summed E-state index contributed by atoms with van der Waals surface area (Å²) in [4.78, 5) is 1.06. The highest BCUT2D eigenvalue weighted by molar-refractivity contribution is 7.22. The molecule has 3 nitrogen and oxygen atoms in total. The van der Waals surface area contributed by atoms with E-state index >= 15 is 0 Å². The van der Waals surface area contributed by atoms with Gasteiger partial charge in [0.05, 0.1) is 23.2 Å². The van der Waals surface area contributed by atoms with E-state index in [1.165, 1.54) is 0 Å². The first-order valence-corrected chi connectivity index (χ1v) is 6.93. The van der Waals surface area contributed by atoms with E-state index in [4.69, 9.17) is 14.6 Å². The molecule has 1 saturated heterocycles. The van der Waals surface area contributed by atoms with Gasteiger partial charge < -0.3 is 9.31 Å². The molecule has 0 aromatic carbocycles. The lowest BCUT2D eigenvalue weighted by Gasteiger charge is -2.32. The van der Waals surface area contributed by atoms with Crippen LogP contribution in [0.15, 0.2) is 12.1 Å². The van der Waals surface area contributed by atoms with E-state index in [1.807, 2.05) is 46.8 Å². The Bertz CT molecular complexity index is 473. The Morgan fingerprint density at radius 1 is 1.22 bits per heavy atom. The smallest absolute Gasteiger partial charge is 0.399 e. The van der Waals surface area contributed by atoms with Crippen LogP contribution in [0.25, 0.3) is 0 Å². The summed E-state index contributed by atoms with van der Waals surface area (Å²) in [5.41, 5.74) is -0.634. The zero-order chi connectivity index (χ0) is 13.6. The lowest BCUT2D eigenvalue weighted by atomic mass is 9.88. The van der Waals surface area contributed by atoms with Gasteiger partial charge in [-0.2, -0.15) is 5.26 Å². The molecule has 2 rings (SSSR count). The fraction of sp³-hybridized carbons (Fsp3) is 0.615. The second-order valence-corrected chi connectivity index (χ2v) is 6.83. The number of nitriles is 1. The highest BCUT2D eigenvalue weighted by atomic mass is 32.1. The fourth-order valence-electron chi connectivity index (χ4n) is 1.75. The quantitative estimate of drug-likeness (QED) is 0.770. The number of hydrogen-bond acceptors (Lipinski definition) is 4. The summed E-state index contributed by atoms with van der Waals surface area (Å²) in [5, 5.41) is 8.92. The first-order chi connectivity index (χ1) is 8.27. The van der Waals surface area contributed by atoms with Gasteiger partial charge in [-0.3, -0.25) is 0 Å². The Balaban J connectivity index is 2.20. The Labute approximate surface area is 113 Å². The third kappa shape index (κ3) is 2.21. The maximum Gasteiger partial charge on any atom is 0.505 e. The van der Waals surface area contributed by atoms with Crippen molar-refractivity contribution in [1.82, 2.24) is 0 Å². The maximum atomic E-state index is 8.92. The van der Waals surface area contributed by atoms with Gasteiger partial charge in [0.15, 0.2) is 0 Å². The standard InChI is InChI=1S/C13H18BNO2S/c1-9(8-15)10-6-7-11(18-10)14-16-12(2,3)13(4,5)17-14/h6-7,9H,1-5H3. The number of hydrogen-bond donors (Lipinski definition) is 0. The molecule has 1 aromatic heterocycles. The summed E-state index contributed by atoms with van der Waals surface area (Å²) in [6, 6.07) is 6.23. The van der Waals surface area contributed by atoms with Gasteiger partial charge in [-0.05, 0) is 40.7 Å². The molecular weight excluding hydrogens is 245 g/mol. The molecule has 5 heteroatoms. The third-order valence-corrected chi connectivity index (χ3v) is 5.04. The van der Waals surface area contributed by atoms with Crippen LogP contribution >= 0.6 is 11.3 Å². The summed E-state index contributed by atoms with van der Waals surface area (Å²) >= 11 is 1.59. The van der Waals surface area contributed by atoms with Crippen molar-refractivity contribution in [3.8, 4) is 6.07 Å². The van der Waals surface area contributed by atoms with Crippen LogP contribution < -0.4 is 4.78 Å². The molecule has 1 atom stereocenters. The first kappa shape index (κ1) is 13.6. The summed E-state index contributed by atoms with van der Waals surface area (Å²) in [6.07, 6.45) is 0. The van der Waals surface area contributed by atoms with Gasteiger partial charge >= 0.3 is 7.12 Å². The molecule has 0 saturated carbocycles. The number of thiophene rings is 1. The molecule has 2 heterocycles. The summed E-state index contributed by atoms with van der Waals surface area (Å²) in [6.45, 7) is 10.1. The predicted molar refractivity (Wildman–Crippen MR) is 74.1 cm³/mol. The number of nitrogens with zero attached hydrogens (tertiary/aromatic N) is 1. The SMILES string of the molecule is CC(C#N)c1ccc(B2OC(C)(C)C(C)(C)O2)s1. The third-order valence-electron chi connectivity index (χ3n) is 3.75. The molecule has 1 aliphatic heterocycles. The van der Waals surface area contributed by atoms with Crippen molar-refractivity contribution in [2.45, 2.75) is 51.7 Å². The molecule has 0 aliphatic carbocycles. The van der Waals surface area contributed by atoms with Crippen LogP contribution in [-0.4, -0.2) is 18.3 Å². The molecule has 1 fully saturated rings. The van der Waals surface area contributed by atoms with Crippen molar-refractivity contribution in [2.24, 2.45) is 0 Å². The van der Waals surface area contributed by atoms with Crippen molar-refractivity contribution in [3.63, 3.8) is 0 Å². The average molecular weight is 263 g/mol. The summed E-state index contributed by atoms with van der Waals surface area (Å²) < 4.78 is 13.0. The Kier molecular flexibility index (Phi) is 3.31. The minimum atomic E-state index is -0.320. The van der Waals surface area contributed by atoms with Gasteiger partial charge in [0, 0.05) is 9.65 Å². The lowest BCUT2D eigenvalue weighted by molar-refractivity contribution is 0.00578. The minimum Gasteiger partial charge on any atom is -0.399 e. The van der Waals surface area contributed by atoms with Gasteiger partial charge in [0.1, 0.15) is 0 Å². The second-order valence-electron chi connectivity index (χ2n) is 5.68. The molecule has 1 aliphatic rings. The molecule has 96 valence electrons. The highest BCUT2D eigenvalue weighted by Crippen LogP contribution is 2.37. The van der Waals surface area contributed by atoms with Crippen molar-refractivity contribution in [3.05, 3.63) is 17.0 Å². The van der Waals surface area contributed by atoms with E-state index in [1.54, 1.807) is 11.3 Å². The second kappa shape index (κ2) is 4.38. The molecule has 0 radical (unpaired) electrons. The monoisotopic (exact) mass is 263 g/mol. The van der Waals surface area contributed by atoms with Crippen LogP contribution in [0.2, 0.25) is 0 Å². The molecular formula is C13H18BNO2S. The zero-order valence-corrected chi connectivity index (χ0v) is 12.3. The van der Waals surface area contributed by atoms with E-state index in [2.05, 4.69) is 6.07 Å². The predicted octanol–water partition coefficient (Wildman–Crippen LogP) is 2.67. The van der Waals surface area contributed by atoms with Crippen LogP contribution in [0.1, 0.15) is 45.4 Å². The lowest BCUT2D eigenvalue weighted by Crippen LogP contribution is -2.41. The molecule has 0 N–H and O–H groups in total. The van der Waals surface area contributed by atoms with Gasteiger partial charge in [-0.25, -0.2) is 0 Å². The van der Waals surface area contributed by atoms with E-state index in [-0.39, 0.29) is 24.2 Å². The van der Waals surface area contributed by atoms with Crippen LogP contribution in [0.3, 0.4) is 0 Å². The van der Waals surface area contributed by atoms with Gasteiger partial charge in [0.25, 0.3) is 0 Å². The maximum absolute atomic E-state index is 8.92. The van der Waals surface area contributed by atoms with Gasteiger partial charge in [-0.1, -0.05) is 6.07 Å². The van der Waals surface area contributed by atoms with E-state index in [0.29, 0.717) is 0 Å². The van der Waals surface area contributed by atoms with Crippen LogP contribution in [0.4, 0.5) is 0 Å². The Hall–Kier alpha value is -0.825. The van der Waals surface area contributed by atoms with Gasteiger partial charge in [-0.15, -0.1) is 11.3 Å². The van der Waals surface area contributed by atoms with E-state index in [9.17, 15) is 0 Å². The highest BCUT2D eigenvalue weighted by Gasteiger charge is 2.52. The van der Waals surface area contributed by atoms with Crippen molar-refractivity contribution >= 4 is 23.2 Å². The molecule has 1 unspecified atom stereocenters. The van der Waals surface area contributed by atoms with E-state index in [0.717, 1.165) is 9.65 Å². The molecule has 0 spiro atoms. The fourth-order valence-corrected chi connectivity index (χ4v) is 2.72. The first-order valence-electron chi connectivity index (χ1n) is 6.12. The largest absolute Gasteiger partial charge is 0.505 e. The van der Waals surface area contributed by atoms with Crippen LogP contribution in [0, 0.1) is 11.3 Å². The molecule has 0 bridgehead atoms. The average Bonchev–Trinajstić information content (AvgIpc) is 2.82. The molecule has 1 aromatic rings. The topological polar surface area (TPSA) is 42.2 Å². The van der Waals surface area contributed by atoms with Crippen molar-refractivity contribution in [2.75, 3.05) is 0 Å². The van der Waals surface area contributed by atoms with Crippen molar-refractivity contribution in [1.29, 1.82) is 5.26 Å². The van der Waals surface area contributed by atoms with Crippen LogP contribution in [0.5, 0.6) is 0 Å². The summed E-state index contributed by atoms with van der Waals surface area (Å²) in [5.74, 6) is -0.0776. The molecule has 18 heavy (non-hydrogen) atoms. The van der Waals surface area contributed by atoms with Crippen LogP contribution in [-0.2, 0) is 9.31 Å². The Morgan fingerprint density at radius 2 is 1.78 bits per heavy atom. The van der Waals surface area contributed by atoms with E-state index < -0.39 is 0 Å².